The largest absolute Gasteiger partial charge is 0.476 e. The van der Waals surface area contributed by atoms with E-state index in [-0.39, 0.29) is 38.9 Å². The van der Waals surface area contributed by atoms with Gasteiger partial charge in [-0.2, -0.15) is 15.5 Å². The van der Waals surface area contributed by atoms with Crippen LogP contribution in [0.25, 0.3) is 11.2 Å². The van der Waals surface area contributed by atoms with Crippen molar-refractivity contribution < 1.29 is 19.3 Å². The minimum Gasteiger partial charge on any atom is -0.476 e. The maximum Gasteiger partial charge on any atom is 0.280 e. The van der Waals surface area contributed by atoms with Crippen molar-refractivity contribution in [2.45, 2.75) is 37.4 Å². The molecule has 0 radical (unpaired) electrons. The summed E-state index contributed by atoms with van der Waals surface area (Å²) >= 11 is 12.8. The SMILES string of the molecule is N#CCCSC(=S)OC[C@H]1O[C@@H](n2cnc3c(=O)[nH]c(N)nc32)[C@H](O)[C@@H]1OC(=S)SCCC#N. The van der Waals surface area contributed by atoms with Crippen molar-refractivity contribution in [2.24, 2.45) is 0 Å². The molecule has 2 aromatic heterocycles. The summed E-state index contributed by atoms with van der Waals surface area (Å²) in [5.41, 5.74) is 5.28. The van der Waals surface area contributed by atoms with Gasteiger partial charge in [0.25, 0.3) is 5.56 Å². The van der Waals surface area contributed by atoms with Gasteiger partial charge in [0.2, 0.25) is 14.7 Å². The number of nitrogen functional groups attached to an aromatic ring is 1. The number of nitrogens with one attached hydrogen (secondary N) is 1. The number of ether oxygens (including phenoxy) is 3. The summed E-state index contributed by atoms with van der Waals surface area (Å²) in [6.07, 6.45) is -2.13. The molecule has 0 spiro atoms. The van der Waals surface area contributed by atoms with Crippen molar-refractivity contribution in [1.82, 2.24) is 19.5 Å². The van der Waals surface area contributed by atoms with Gasteiger partial charge in [0, 0.05) is 24.3 Å². The van der Waals surface area contributed by atoms with Crippen LogP contribution >= 0.6 is 48.0 Å². The predicted molar refractivity (Wildman–Crippen MR) is 134 cm³/mol. The number of imidazole rings is 1. The van der Waals surface area contributed by atoms with E-state index in [0.717, 1.165) is 11.8 Å². The van der Waals surface area contributed by atoms with Gasteiger partial charge in [0.15, 0.2) is 23.5 Å². The first-order chi connectivity index (χ1) is 16.3. The number of anilines is 1. The third-order valence-electron chi connectivity index (χ3n) is 4.50. The Morgan fingerprint density at radius 2 is 1.97 bits per heavy atom. The number of aromatic amines is 1. The molecule has 0 bridgehead atoms. The van der Waals surface area contributed by atoms with Crippen molar-refractivity contribution in [3.05, 3.63) is 16.7 Å². The number of aromatic nitrogens is 4. The highest BCUT2D eigenvalue weighted by atomic mass is 32.2. The van der Waals surface area contributed by atoms with Crippen molar-refractivity contribution in [1.29, 1.82) is 10.5 Å². The number of rotatable bonds is 8. The Morgan fingerprint density at radius 1 is 1.29 bits per heavy atom. The summed E-state index contributed by atoms with van der Waals surface area (Å²) in [6.45, 7) is -0.0646. The molecule has 0 unspecified atom stereocenters. The smallest absolute Gasteiger partial charge is 0.280 e. The molecule has 0 saturated carbocycles. The zero-order valence-electron chi connectivity index (χ0n) is 17.4. The Morgan fingerprint density at radius 3 is 2.65 bits per heavy atom. The van der Waals surface area contributed by atoms with Crippen LogP contribution in [0.5, 0.6) is 0 Å². The monoisotopic (exact) mass is 541 g/mol. The maximum absolute atomic E-state index is 12.1. The summed E-state index contributed by atoms with van der Waals surface area (Å²) in [4.78, 5) is 22.6. The van der Waals surface area contributed by atoms with Crippen LogP contribution in [0.1, 0.15) is 19.1 Å². The van der Waals surface area contributed by atoms with Gasteiger partial charge in [-0.05, 0) is 24.4 Å². The molecule has 180 valence electrons. The van der Waals surface area contributed by atoms with E-state index >= 15 is 0 Å². The number of thioether (sulfide) groups is 2. The number of hydrogen-bond acceptors (Lipinski definition) is 14. The third-order valence-corrected chi connectivity index (χ3v) is 6.92. The van der Waals surface area contributed by atoms with Gasteiger partial charge in [-0.15, -0.1) is 0 Å². The number of thiocarbonyl (C=S) groups is 2. The minimum atomic E-state index is -1.25. The normalized spacial score (nSPS) is 21.6. The molecule has 1 aliphatic rings. The molecule has 4 N–H and O–H groups in total. The van der Waals surface area contributed by atoms with Crippen LogP contribution in [-0.4, -0.2) is 69.8 Å². The molecule has 0 aromatic carbocycles. The van der Waals surface area contributed by atoms with Crippen molar-refractivity contribution in [2.75, 3.05) is 23.8 Å². The number of nitriles is 2. The summed E-state index contributed by atoms with van der Waals surface area (Å²) < 4.78 is 19.1. The average molecular weight is 542 g/mol. The Labute approximate surface area is 212 Å². The van der Waals surface area contributed by atoms with Gasteiger partial charge in [0.1, 0.15) is 18.8 Å². The molecule has 1 saturated heterocycles. The fourth-order valence-electron chi connectivity index (χ4n) is 3.06. The second kappa shape index (κ2) is 12.3. The standard InChI is InChI=1S/C18H19N7O5S4/c19-3-1-5-33-17(31)28-7-9-12(30-18(32)34-6-2-4-20)11(26)15(29-9)25-8-22-10-13(25)23-16(21)24-14(10)27/h8-9,11-12,15,26H,1-2,5-7H2,(H3,21,23,24,27)/t9-,11-,12-,15-/m1/s1. The zero-order chi connectivity index (χ0) is 24.7. The van der Waals surface area contributed by atoms with Gasteiger partial charge in [-0.25, -0.2) is 4.98 Å². The van der Waals surface area contributed by atoms with Gasteiger partial charge in [-0.1, -0.05) is 23.5 Å². The van der Waals surface area contributed by atoms with Gasteiger partial charge >= 0.3 is 0 Å². The lowest BCUT2D eigenvalue weighted by molar-refractivity contribution is -0.0477. The first-order valence-corrected chi connectivity index (χ1v) is 12.6. The molecule has 3 heterocycles. The number of aliphatic hydroxyl groups excluding tert-OH is 1. The molecule has 34 heavy (non-hydrogen) atoms. The lowest BCUT2D eigenvalue weighted by Crippen LogP contribution is -2.37. The van der Waals surface area contributed by atoms with E-state index in [9.17, 15) is 9.90 Å². The molecule has 12 nitrogen and oxygen atoms in total. The van der Waals surface area contributed by atoms with E-state index in [2.05, 4.69) is 15.0 Å². The summed E-state index contributed by atoms with van der Waals surface area (Å²) in [5.74, 6) is 0.796. The van der Waals surface area contributed by atoms with Crippen molar-refractivity contribution >= 4 is 73.8 Å². The van der Waals surface area contributed by atoms with Crippen LogP contribution in [0.2, 0.25) is 0 Å². The van der Waals surface area contributed by atoms with Crippen molar-refractivity contribution in [3.63, 3.8) is 0 Å². The average Bonchev–Trinajstić information content (AvgIpc) is 3.34. The second-order valence-corrected chi connectivity index (χ2v) is 10.1. The highest BCUT2D eigenvalue weighted by Gasteiger charge is 2.48. The minimum absolute atomic E-state index is 0.0276. The van der Waals surface area contributed by atoms with Gasteiger partial charge < -0.3 is 25.1 Å². The predicted octanol–water partition coefficient (Wildman–Crippen LogP) is 1.23. The Bertz CT molecular complexity index is 1190. The molecular weight excluding hydrogens is 523 g/mol. The number of hydrogen-bond donors (Lipinski definition) is 3. The quantitative estimate of drug-likeness (QED) is 0.320. The maximum atomic E-state index is 12.1. The highest BCUT2D eigenvalue weighted by molar-refractivity contribution is 8.22. The first kappa shape index (κ1) is 26.1. The van der Waals surface area contributed by atoms with Gasteiger partial charge in [-0.3, -0.25) is 14.3 Å². The molecule has 0 amide bonds. The summed E-state index contributed by atoms with van der Waals surface area (Å²) in [7, 11) is 0. The van der Waals surface area contributed by atoms with E-state index in [1.165, 1.54) is 22.7 Å². The highest BCUT2D eigenvalue weighted by Crippen LogP contribution is 2.34. The van der Waals surface area contributed by atoms with Crippen LogP contribution in [-0.2, 0) is 14.2 Å². The molecule has 1 aliphatic heterocycles. The molecule has 2 aromatic rings. The Hall–Kier alpha value is -2.47. The lowest BCUT2D eigenvalue weighted by Gasteiger charge is -2.22. The molecule has 1 fully saturated rings. The lowest BCUT2D eigenvalue weighted by atomic mass is 10.1. The molecule has 16 heteroatoms. The van der Waals surface area contributed by atoms with E-state index in [1.807, 2.05) is 12.1 Å². The number of nitrogens with zero attached hydrogens (tertiary/aromatic N) is 5. The van der Waals surface area contributed by atoms with Crippen LogP contribution in [0.15, 0.2) is 11.1 Å². The summed E-state index contributed by atoms with van der Waals surface area (Å²) in [6, 6.07) is 4.04. The van der Waals surface area contributed by atoms with E-state index in [0.29, 0.717) is 17.9 Å². The second-order valence-electron chi connectivity index (χ2n) is 6.74. The molecule has 3 rings (SSSR count). The Balaban J connectivity index is 1.79. The topological polar surface area (TPSA) is 185 Å². The third kappa shape index (κ3) is 6.35. The number of nitrogens with two attached hydrogens (primary N) is 1. The fraction of sp³-hybridized carbons (Fsp3) is 0.500. The number of aliphatic hydroxyl groups is 1. The summed E-state index contributed by atoms with van der Waals surface area (Å²) in [5, 5.41) is 28.4. The molecule has 0 aliphatic carbocycles. The van der Waals surface area contributed by atoms with Crippen LogP contribution in [0.3, 0.4) is 0 Å². The number of fused-ring (bicyclic) bond motifs is 1. The van der Waals surface area contributed by atoms with Gasteiger partial charge in [0.05, 0.1) is 18.5 Å². The van der Waals surface area contributed by atoms with E-state index < -0.39 is 30.1 Å². The Kier molecular flexibility index (Phi) is 9.45. The molecule has 4 atom stereocenters. The molecular formula is C18H19N7O5S4. The van der Waals surface area contributed by atoms with Crippen LogP contribution < -0.4 is 11.3 Å². The van der Waals surface area contributed by atoms with Crippen LogP contribution in [0, 0.1) is 22.7 Å². The first-order valence-electron chi connectivity index (χ1n) is 9.78. The van der Waals surface area contributed by atoms with E-state index in [4.69, 9.17) is 54.9 Å². The van der Waals surface area contributed by atoms with Crippen LogP contribution in [0.4, 0.5) is 5.95 Å². The fourth-order valence-corrected chi connectivity index (χ4v) is 4.79. The van der Waals surface area contributed by atoms with Crippen molar-refractivity contribution in [3.8, 4) is 12.1 Å². The zero-order valence-corrected chi connectivity index (χ0v) is 20.7. The van der Waals surface area contributed by atoms with E-state index in [1.54, 1.807) is 0 Å². The number of H-pyrrole nitrogens is 1.